The van der Waals surface area contributed by atoms with Crippen LogP contribution < -0.4 is 0 Å². The van der Waals surface area contributed by atoms with Crippen molar-refractivity contribution in [2.24, 2.45) is 5.92 Å². The molecule has 6 rings (SSSR count). The van der Waals surface area contributed by atoms with E-state index in [0.29, 0.717) is 53.8 Å². The van der Waals surface area contributed by atoms with Crippen LogP contribution in [0.4, 0.5) is 0 Å². The second kappa shape index (κ2) is 9.35. The van der Waals surface area contributed by atoms with Gasteiger partial charge in [-0.3, -0.25) is 19.6 Å². The van der Waals surface area contributed by atoms with Gasteiger partial charge in [0.05, 0.1) is 28.0 Å². The van der Waals surface area contributed by atoms with E-state index < -0.39 is 0 Å². The van der Waals surface area contributed by atoms with Crippen LogP contribution in [0.1, 0.15) is 37.0 Å². The summed E-state index contributed by atoms with van der Waals surface area (Å²) >= 11 is 0. The van der Waals surface area contributed by atoms with E-state index in [0.717, 1.165) is 34.6 Å². The minimum atomic E-state index is -0.153. The number of aromatic nitrogens is 4. The molecule has 3 aromatic heterocycles. The van der Waals surface area contributed by atoms with Gasteiger partial charge in [0.15, 0.2) is 0 Å². The summed E-state index contributed by atoms with van der Waals surface area (Å²) in [4.78, 5) is 49.1. The van der Waals surface area contributed by atoms with E-state index in [9.17, 15) is 9.59 Å². The van der Waals surface area contributed by atoms with Crippen LogP contribution >= 0.6 is 0 Å². The van der Waals surface area contributed by atoms with Crippen LogP contribution in [0.5, 0.6) is 0 Å². The summed E-state index contributed by atoms with van der Waals surface area (Å²) in [6.07, 6.45) is 5.14. The van der Waals surface area contributed by atoms with E-state index in [2.05, 4.69) is 9.97 Å². The van der Waals surface area contributed by atoms with Crippen molar-refractivity contribution in [2.45, 2.75) is 26.7 Å². The minimum Gasteiger partial charge on any atom is -0.343 e. The van der Waals surface area contributed by atoms with Crippen LogP contribution in [0.15, 0.2) is 54.9 Å². The second-order valence-electron chi connectivity index (χ2n) is 9.52. The Balaban J connectivity index is 1.40. The van der Waals surface area contributed by atoms with Crippen molar-refractivity contribution >= 4 is 55.7 Å². The molecule has 0 unspecified atom stereocenters. The van der Waals surface area contributed by atoms with Crippen molar-refractivity contribution < 1.29 is 9.59 Å². The van der Waals surface area contributed by atoms with Crippen LogP contribution in [-0.2, 0) is 4.79 Å². The van der Waals surface area contributed by atoms with Crippen LogP contribution in [0.25, 0.3) is 43.9 Å². The van der Waals surface area contributed by atoms with Gasteiger partial charge in [-0.1, -0.05) is 12.1 Å². The minimum absolute atomic E-state index is 0.0796. The summed E-state index contributed by atoms with van der Waals surface area (Å²) in [6, 6.07) is 13.3. The molecule has 0 spiro atoms. The topological polar surface area (TPSA) is 92.2 Å². The van der Waals surface area contributed by atoms with Crippen molar-refractivity contribution in [1.29, 1.82) is 0 Å². The Morgan fingerprint density at radius 3 is 2.19 bits per heavy atom. The number of benzene rings is 2. The molecule has 0 N–H and O–H groups in total. The zero-order valence-electron chi connectivity index (χ0n) is 21.0. The lowest BCUT2D eigenvalue weighted by atomic mass is 9.95. The number of likely N-dealkylation sites (tertiary alicyclic amines) is 1. The van der Waals surface area contributed by atoms with Crippen molar-refractivity contribution in [3.05, 3.63) is 60.4 Å². The number of pyridine rings is 2. The number of nitrogens with zero attached hydrogens (tertiary/aromatic N) is 6. The molecule has 1 aliphatic heterocycles. The summed E-state index contributed by atoms with van der Waals surface area (Å²) < 4.78 is 0. The van der Waals surface area contributed by atoms with E-state index in [1.54, 1.807) is 29.4 Å². The Morgan fingerprint density at radius 1 is 0.892 bits per heavy atom. The van der Waals surface area contributed by atoms with Crippen LogP contribution in [0.3, 0.4) is 0 Å². The molecule has 0 bridgehead atoms. The predicted octanol–water partition coefficient (Wildman–Crippen LogP) is 4.60. The smallest absolute Gasteiger partial charge is 0.253 e. The molecule has 1 saturated heterocycles. The Hall–Kier alpha value is -4.20. The summed E-state index contributed by atoms with van der Waals surface area (Å²) in [7, 11) is 0. The molecular weight excluding hydrogens is 464 g/mol. The quantitative estimate of drug-likeness (QED) is 0.269. The molecule has 2 amide bonds. The van der Waals surface area contributed by atoms with Gasteiger partial charge < -0.3 is 9.80 Å². The SMILES string of the molecule is CCN(CC)C(=O)[C@@H]1CCCN(C(=O)c2ccc3nc4c5ncccc5c5cccnc5c4nc3c2)C1. The number of amides is 2. The first-order valence-corrected chi connectivity index (χ1v) is 12.9. The number of hydrogen-bond donors (Lipinski definition) is 0. The van der Waals surface area contributed by atoms with Gasteiger partial charge in [0.25, 0.3) is 5.91 Å². The molecule has 1 fully saturated rings. The molecule has 0 radical (unpaired) electrons. The first-order chi connectivity index (χ1) is 18.1. The summed E-state index contributed by atoms with van der Waals surface area (Å²) in [5.74, 6) is -0.0948. The number of piperidine rings is 1. The van der Waals surface area contributed by atoms with E-state index in [1.165, 1.54) is 0 Å². The molecule has 0 aliphatic carbocycles. The van der Waals surface area contributed by atoms with Gasteiger partial charge in [0.2, 0.25) is 5.91 Å². The molecule has 37 heavy (non-hydrogen) atoms. The van der Waals surface area contributed by atoms with Crippen molar-refractivity contribution in [1.82, 2.24) is 29.7 Å². The summed E-state index contributed by atoms with van der Waals surface area (Å²) in [6.45, 7) is 6.45. The molecular formula is C29H28N6O2. The van der Waals surface area contributed by atoms with E-state index in [1.807, 2.05) is 49.1 Å². The van der Waals surface area contributed by atoms with Crippen molar-refractivity contribution in [3.63, 3.8) is 0 Å². The van der Waals surface area contributed by atoms with E-state index in [-0.39, 0.29) is 17.7 Å². The lowest BCUT2D eigenvalue weighted by Crippen LogP contribution is -2.46. The summed E-state index contributed by atoms with van der Waals surface area (Å²) in [5, 5.41) is 1.95. The van der Waals surface area contributed by atoms with Gasteiger partial charge in [0, 0.05) is 54.9 Å². The van der Waals surface area contributed by atoms with Gasteiger partial charge in [0.1, 0.15) is 11.0 Å². The maximum absolute atomic E-state index is 13.5. The standard InChI is InChI=1S/C29H28N6O2/c1-3-34(4-2)29(37)19-8-7-15-35(17-19)28(36)18-11-12-22-23(16-18)33-27-25-21(10-6-14-31-25)20-9-5-13-30-24(20)26(27)32-22/h5-6,9-14,16,19H,3-4,7-8,15,17H2,1-2H3/t19-/m1/s1. The fourth-order valence-electron chi connectivity index (χ4n) is 5.48. The monoisotopic (exact) mass is 492 g/mol. The lowest BCUT2D eigenvalue weighted by Gasteiger charge is -2.34. The molecule has 186 valence electrons. The Bertz CT molecular complexity index is 1680. The Labute approximate surface area is 214 Å². The molecule has 4 heterocycles. The molecule has 1 aliphatic rings. The number of rotatable bonds is 4. The highest BCUT2D eigenvalue weighted by Gasteiger charge is 2.31. The van der Waals surface area contributed by atoms with Gasteiger partial charge in [-0.25, -0.2) is 9.97 Å². The van der Waals surface area contributed by atoms with Gasteiger partial charge in [-0.15, -0.1) is 0 Å². The third-order valence-corrected chi connectivity index (χ3v) is 7.40. The molecule has 0 saturated carbocycles. The van der Waals surface area contributed by atoms with Gasteiger partial charge >= 0.3 is 0 Å². The van der Waals surface area contributed by atoms with Crippen LogP contribution in [0, 0.1) is 5.92 Å². The zero-order chi connectivity index (χ0) is 25.5. The maximum atomic E-state index is 13.5. The molecule has 5 aromatic rings. The Kier molecular flexibility index (Phi) is 5.87. The van der Waals surface area contributed by atoms with Crippen molar-refractivity contribution in [3.8, 4) is 0 Å². The number of fused-ring (bicyclic) bond motifs is 7. The van der Waals surface area contributed by atoms with Crippen molar-refractivity contribution in [2.75, 3.05) is 26.2 Å². The molecule has 1 atom stereocenters. The normalized spacial score (nSPS) is 16.1. The first kappa shape index (κ1) is 23.2. The Morgan fingerprint density at radius 2 is 1.54 bits per heavy atom. The van der Waals surface area contributed by atoms with Gasteiger partial charge in [-0.2, -0.15) is 0 Å². The largest absolute Gasteiger partial charge is 0.343 e. The zero-order valence-corrected chi connectivity index (χ0v) is 21.0. The number of hydrogen-bond acceptors (Lipinski definition) is 6. The number of carbonyl (C=O) groups is 2. The predicted molar refractivity (Wildman–Crippen MR) is 144 cm³/mol. The molecule has 8 heteroatoms. The summed E-state index contributed by atoms with van der Waals surface area (Å²) in [5.41, 5.74) is 4.78. The highest BCUT2D eigenvalue weighted by molar-refractivity contribution is 6.21. The fraction of sp³-hybridized carbons (Fsp3) is 0.310. The lowest BCUT2D eigenvalue weighted by molar-refractivity contribution is -0.136. The second-order valence-corrected chi connectivity index (χ2v) is 9.52. The van der Waals surface area contributed by atoms with E-state index >= 15 is 0 Å². The van der Waals surface area contributed by atoms with E-state index in [4.69, 9.17) is 9.97 Å². The maximum Gasteiger partial charge on any atom is 0.253 e. The average molecular weight is 493 g/mol. The fourth-order valence-corrected chi connectivity index (χ4v) is 5.48. The highest BCUT2D eigenvalue weighted by atomic mass is 16.2. The van der Waals surface area contributed by atoms with Gasteiger partial charge in [-0.05, 0) is 57.0 Å². The molecule has 8 nitrogen and oxygen atoms in total. The number of carbonyl (C=O) groups excluding carboxylic acids is 2. The highest BCUT2D eigenvalue weighted by Crippen LogP contribution is 2.32. The van der Waals surface area contributed by atoms with Crippen LogP contribution in [0.2, 0.25) is 0 Å². The van der Waals surface area contributed by atoms with Crippen LogP contribution in [-0.4, -0.2) is 67.7 Å². The first-order valence-electron chi connectivity index (χ1n) is 12.9. The third kappa shape index (κ3) is 3.93. The average Bonchev–Trinajstić information content (AvgIpc) is 2.96. The third-order valence-electron chi connectivity index (χ3n) is 7.40. The molecule has 2 aromatic carbocycles.